The summed E-state index contributed by atoms with van der Waals surface area (Å²) in [5, 5.41) is 3.23. The number of carbonyl (C=O) groups excluding carboxylic acids is 1. The summed E-state index contributed by atoms with van der Waals surface area (Å²) in [6, 6.07) is 1.92. The molecule has 1 N–H and O–H groups in total. The highest BCUT2D eigenvalue weighted by molar-refractivity contribution is 5.85. The number of hydrogen-bond donors (Lipinski definition) is 1. The largest absolute Gasteiger partial charge is 0.463 e. The van der Waals surface area contributed by atoms with Crippen LogP contribution in [0.15, 0.2) is 24.8 Å². The molecule has 2 aromatic heterocycles. The maximum Gasteiger partial charge on any atom is 0.376 e. The van der Waals surface area contributed by atoms with E-state index in [4.69, 9.17) is 0 Å². The van der Waals surface area contributed by atoms with E-state index >= 15 is 0 Å². The van der Waals surface area contributed by atoms with E-state index in [-0.39, 0.29) is 11.9 Å². The van der Waals surface area contributed by atoms with Gasteiger partial charge in [0.2, 0.25) is 5.82 Å². The van der Waals surface area contributed by atoms with Crippen LogP contribution in [0.4, 0.5) is 5.82 Å². The molecule has 0 aliphatic rings. The molecule has 1 unspecified atom stereocenters. The minimum Gasteiger partial charge on any atom is -0.463 e. The van der Waals surface area contributed by atoms with Gasteiger partial charge in [-0.05, 0) is 13.8 Å². The Balaban J connectivity index is 2.08. The molecule has 0 aliphatic carbocycles. The molecule has 20 heavy (non-hydrogen) atoms. The fourth-order valence-corrected chi connectivity index (χ4v) is 1.83. The van der Waals surface area contributed by atoms with Crippen molar-refractivity contribution < 1.29 is 9.53 Å². The number of anilines is 1. The van der Waals surface area contributed by atoms with Crippen molar-refractivity contribution in [2.75, 3.05) is 12.4 Å². The molecule has 106 valence electrons. The van der Waals surface area contributed by atoms with E-state index in [1.165, 1.54) is 7.11 Å². The second kappa shape index (κ2) is 6.14. The smallest absolute Gasteiger partial charge is 0.376 e. The summed E-state index contributed by atoms with van der Waals surface area (Å²) in [4.78, 5) is 23.7. The van der Waals surface area contributed by atoms with Gasteiger partial charge in [-0.25, -0.2) is 19.7 Å². The first-order valence-electron chi connectivity index (χ1n) is 6.24. The van der Waals surface area contributed by atoms with Crippen LogP contribution in [0, 0.1) is 6.92 Å². The van der Waals surface area contributed by atoms with Gasteiger partial charge in [-0.2, -0.15) is 0 Å². The summed E-state index contributed by atoms with van der Waals surface area (Å²) in [5.74, 6) is 0.120. The van der Waals surface area contributed by atoms with E-state index in [0.29, 0.717) is 11.5 Å². The van der Waals surface area contributed by atoms with Gasteiger partial charge in [-0.3, -0.25) is 0 Å². The fraction of sp³-hybridized carbons (Fsp3) is 0.385. The minimum atomic E-state index is -0.543. The Morgan fingerprint density at radius 1 is 1.50 bits per heavy atom. The standard InChI is InChI=1S/C13H17N5O2/c1-9-6-11(17-12(16-9)13(19)20-3)15-10(2)7-18-5-4-14-8-18/h4-6,8,10H,7H2,1-3H3,(H,15,16,17). The summed E-state index contributed by atoms with van der Waals surface area (Å²) in [6.45, 7) is 4.58. The lowest BCUT2D eigenvalue weighted by Crippen LogP contribution is -2.23. The normalized spacial score (nSPS) is 11.9. The van der Waals surface area contributed by atoms with Crippen LogP contribution < -0.4 is 5.32 Å². The topological polar surface area (TPSA) is 81.9 Å². The predicted molar refractivity (Wildman–Crippen MR) is 73.4 cm³/mol. The van der Waals surface area contributed by atoms with Gasteiger partial charge in [-0.15, -0.1) is 0 Å². The number of aromatic nitrogens is 4. The number of esters is 1. The number of ether oxygens (including phenoxy) is 1. The van der Waals surface area contributed by atoms with Crippen molar-refractivity contribution in [3.8, 4) is 0 Å². The molecule has 0 spiro atoms. The number of hydrogen-bond acceptors (Lipinski definition) is 6. The number of carbonyl (C=O) groups is 1. The average Bonchev–Trinajstić information content (AvgIpc) is 2.89. The molecule has 0 aliphatic heterocycles. The summed E-state index contributed by atoms with van der Waals surface area (Å²) < 4.78 is 6.60. The van der Waals surface area contributed by atoms with Crippen LogP contribution >= 0.6 is 0 Å². The van der Waals surface area contributed by atoms with Gasteiger partial charge >= 0.3 is 5.97 Å². The Labute approximate surface area is 117 Å². The highest BCUT2D eigenvalue weighted by Crippen LogP contribution is 2.09. The van der Waals surface area contributed by atoms with Crippen LogP contribution in [0.1, 0.15) is 23.2 Å². The van der Waals surface area contributed by atoms with Gasteiger partial charge in [0, 0.05) is 36.7 Å². The zero-order valence-electron chi connectivity index (χ0n) is 11.7. The third kappa shape index (κ3) is 3.53. The number of imidazole rings is 1. The number of methoxy groups -OCH3 is 1. The van der Waals surface area contributed by atoms with Crippen LogP contribution in [0.3, 0.4) is 0 Å². The molecule has 2 heterocycles. The predicted octanol–water partition coefficient (Wildman–Crippen LogP) is 1.27. The molecule has 0 saturated carbocycles. The number of rotatable bonds is 5. The van der Waals surface area contributed by atoms with Crippen molar-refractivity contribution >= 4 is 11.8 Å². The molecule has 0 aromatic carbocycles. The Morgan fingerprint density at radius 3 is 2.95 bits per heavy atom. The van der Waals surface area contributed by atoms with Crippen LogP contribution in [0.5, 0.6) is 0 Å². The minimum absolute atomic E-state index is 0.0600. The maximum absolute atomic E-state index is 11.5. The third-order valence-corrected chi connectivity index (χ3v) is 2.66. The van der Waals surface area contributed by atoms with Gasteiger partial charge < -0.3 is 14.6 Å². The van der Waals surface area contributed by atoms with Crippen molar-refractivity contribution in [3.63, 3.8) is 0 Å². The molecule has 0 saturated heterocycles. The molecule has 2 aromatic rings. The third-order valence-electron chi connectivity index (χ3n) is 2.66. The zero-order chi connectivity index (χ0) is 14.5. The second-order valence-electron chi connectivity index (χ2n) is 4.51. The highest BCUT2D eigenvalue weighted by atomic mass is 16.5. The number of aryl methyl sites for hydroxylation is 1. The van der Waals surface area contributed by atoms with Gasteiger partial charge in [0.05, 0.1) is 13.4 Å². The molecule has 2 rings (SSSR count). The van der Waals surface area contributed by atoms with Crippen LogP contribution in [-0.4, -0.2) is 38.6 Å². The van der Waals surface area contributed by atoms with Crippen molar-refractivity contribution in [3.05, 3.63) is 36.3 Å². The quantitative estimate of drug-likeness (QED) is 0.827. The van der Waals surface area contributed by atoms with E-state index in [0.717, 1.165) is 6.54 Å². The van der Waals surface area contributed by atoms with E-state index < -0.39 is 5.97 Å². The van der Waals surface area contributed by atoms with Gasteiger partial charge in [-0.1, -0.05) is 0 Å². The summed E-state index contributed by atoms with van der Waals surface area (Å²) in [7, 11) is 1.31. The van der Waals surface area contributed by atoms with Crippen molar-refractivity contribution in [1.82, 2.24) is 19.5 Å². The van der Waals surface area contributed by atoms with E-state index in [1.807, 2.05) is 17.7 Å². The molecule has 7 heteroatoms. The lowest BCUT2D eigenvalue weighted by molar-refractivity contribution is 0.0586. The first-order valence-corrected chi connectivity index (χ1v) is 6.24. The Hall–Kier alpha value is -2.44. The lowest BCUT2D eigenvalue weighted by Gasteiger charge is -2.15. The SMILES string of the molecule is COC(=O)c1nc(C)cc(NC(C)Cn2ccnc2)n1. The molecule has 0 amide bonds. The zero-order valence-corrected chi connectivity index (χ0v) is 11.7. The molecule has 0 bridgehead atoms. The first kappa shape index (κ1) is 14.0. The van der Waals surface area contributed by atoms with Crippen molar-refractivity contribution in [2.45, 2.75) is 26.4 Å². The lowest BCUT2D eigenvalue weighted by atomic mass is 10.3. The first-order chi connectivity index (χ1) is 9.58. The number of nitrogens with zero attached hydrogens (tertiary/aromatic N) is 4. The molecular weight excluding hydrogens is 258 g/mol. The monoisotopic (exact) mass is 275 g/mol. The van der Waals surface area contributed by atoms with E-state index in [2.05, 4.69) is 25.0 Å². The average molecular weight is 275 g/mol. The fourth-order valence-electron chi connectivity index (χ4n) is 1.83. The van der Waals surface area contributed by atoms with Gasteiger partial charge in [0.1, 0.15) is 5.82 Å². The second-order valence-corrected chi connectivity index (χ2v) is 4.51. The van der Waals surface area contributed by atoms with Crippen LogP contribution in [0.2, 0.25) is 0 Å². The van der Waals surface area contributed by atoms with Crippen molar-refractivity contribution in [2.24, 2.45) is 0 Å². The molecule has 7 nitrogen and oxygen atoms in total. The van der Waals surface area contributed by atoms with Crippen LogP contribution in [0.25, 0.3) is 0 Å². The van der Waals surface area contributed by atoms with Crippen LogP contribution in [-0.2, 0) is 11.3 Å². The van der Waals surface area contributed by atoms with E-state index in [1.54, 1.807) is 25.5 Å². The summed E-state index contributed by atoms with van der Waals surface area (Å²) >= 11 is 0. The van der Waals surface area contributed by atoms with E-state index in [9.17, 15) is 4.79 Å². The Bertz CT molecular complexity index is 582. The molecular formula is C13H17N5O2. The summed E-state index contributed by atoms with van der Waals surface area (Å²) in [5.41, 5.74) is 0.706. The van der Waals surface area contributed by atoms with Gasteiger partial charge in [0.15, 0.2) is 0 Å². The maximum atomic E-state index is 11.5. The summed E-state index contributed by atoms with van der Waals surface area (Å²) in [6.07, 6.45) is 5.38. The van der Waals surface area contributed by atoms with Gasteiger partial charge in [0.25, 0.3) is 0 Å². The molecule has 0 radical (unpaired) electrons. The molecule has 1 atom stereocenters. The highest BCUT2D eigenvalue weighted by Gasteiger charge is 2.12. The molecule has 0 fully saturated rings. The van der Waals surface area contributed by atoms with Crippen molar-refractivity contribution in [1.29, 1.82) is 0 Å². The Kier molecular flexibility index (Phi) is 4.29. The number of nitrogens with one attached hydrogen (secondary N) is 1. The Morgan fingerprint density at radius 2 is 2.30 bits per heavy atom.